The van der Waals surface area contributed by atoms with Gasteiger partial charge in [-0.25, -0.2) is 0 Å². The molecular formula is C17H24N2O2. The standard InChI is InChI=1S/C17H24N2O2/c1-12-4-5-13(16(18)19)10-15(12)20-11-14-6-9-17(21-14)7-2-3-8-17/h4-5,10,14H,2-3,6-9,11H2,1H3,(H3,18,19). The molecule has 1 spiro atoms. The minimum Gasteiger partial charge on any atom is -0.491 e. The van der Waals surface area contributed by atoms with Crippen LogP contribution in [0.5, 0.6) is 5.75 Å². The summed E-state index contributed by atoms with van der Waals surface area (Å²) in [4.78, 5) is 0. The molecule has 1 saturated carbocycles. The van der Waals surface area contributed by atoms with Gasteiger partial charge in [0.1, 0.15) is 18.2 Å². The molecule has 2 aliphatic rings. The van der Waals surface area contributed by atoms with Gasteiger partial charge in [-0.05, 0) is 44.2 Å². The third-order valence-electron chi connectivity index (χ3n) is 4.78. The van der Waals surface area contributed by atoms with Crippen LogP contribution in [0.4, 0.5) is 0 Å². The Morgan fingerprint density at radius 3 is 2.86 bits per heavy atom. The zero-order chi connectivity index (χ0) is 14.9. The molecule has 2 fully saturated rings. The highest BCUT2D eigenvalue weighted by atomic mass is 16.6. The lowest BCUT2D eigenvalue weighted by Crippen LogP contribution is -2.27. The van der Waals surface area contributed by atoms with Crippen LogP contribution in [0.3, 0.4) is 0 Å². The molecule has 1 atom stereocenters. The molecule has 4 nitrogen and oxygen atoms in total. The third-order valence-corrected chi connectivity index (χ3v) is 4.78. The number of hydrogen-bond donors (Lipinski definition) is 2. The molecule has 1 aromatic rings. The van der Waals surface area contributed by atoms with Crippen molar-refractivity contribution in [2.45, 2.75) is 57.2 Å². The predicted molar refractivity (Wildman–Crippen MR) is 83.0 cm³/mol. The van der Waals surface area contributed by atoms with Crippen LogP contribution >= 0.6 is 0 Å². The molecule has 1 saturated heterocycles. The summed E-state index contributed by atoms with van der Waals surface area (Å²) in [5.41, 5.74) is 7.46. The van der Waals surface area contributed by atoms with E-state index in [4.69, 9.17) is 20.6 Å². The van der Waals surface area contributed by atoms with Crippen LogP contribution in [0, 0.1) is 12.3 Å². The van der Waals surface area contributed by atoms with Gasteiger partial charge in [-0.2, -0.15) is 0 Å². The molecule has 1 heterocycles. The highest BCUT2D eigenvalue weighted by Crippen LogP contribution is 2.43. The first-order valence-electron chi connectivity index (χ1n) is 7.84. The predicted octanol–water partition coefficient (Wildman–Crippen LogP) is 3.15. The fourth-order valence-corrected chi connectivity index (χ4v) is 3.51. The SMILES string of the molecule is Cc1ccc(C(=N)N)cc1OCC1CCC2(CCCC2)O1. The molecule has 0 radical (unpaired) electrons. The molecule has 0 bridgehead atoms. The van der Waals surface area contributed by atoms with Gasteiger partial charge in [-0.3, -0.25) is 5.41 Å². The molecule has 0 aromatic heterocycles. The van der Waals surface area contributed by atoms with Crippen molar-refractivity contribution in [3.63, 3.8) is 0 Å². The van der Waals surface area contributed by atoms with Gasteiger partial charge in [0, 0.05) is 5.56 Å². The van der Waals surface area contributed by atoms with E-state index in [9.17, 15) is 0 Å². The maximum atomic E-state index is 7.51. The molecule has 21 heavy (non-hydrogen) atoms. The van der Waals surface area contributed by atoms with Gasteiger partial charge in [-0.15, -0.1) is 0 Å². The number of ether oxygens (including phenoxy) is 2. The number of nitrogens with one attached hydrogen (secondary N) is 1. The lowest BCUT2D eigenvalue weighted by Gasteiger charge is -2.24. The van der Waals surface area contributed by atoms with Crippen molar-refractivity contribution < 1.29 is 9.47 Å². The summed E-state index contributed by atoms with van der Waals surface area (Å²) in [5.74, 6) is 0.876. The second kappa shape index (κ2) is 5.68. The number of nitrogens with two attached hydrogens (primary N) is 1. The van der Waals surface area contributed by atoms with Crippen molar-refractivity contribution >= 4 is 5.84 Å². The van der Waals surface area contributed by atoms with E-state index >= 15 is 0 Å². The van der Waals surface area contributed by atoms with Gasteiger partial charge in [-0.1, -0.05) is 25.0 Å². The van der Waals surface area contributed by atoms with Crippen LogP contribution in [-0.2, 0) is 4.74 Å². The number of rotatable bonds is 4. The van der Waals surface area contributed by atoms with Crippen molar-refractivity contribution in [3.05, 3.63) is 29.3 Å². The molecule has 1 aromatic carbocycles. The zero-order valence-corrected chi connectivity index (χ0v) is 12.7. The highest BCUT2D eigenvalue weighted by Gasteiger charge is 2.42. The van der Waals surface area contributed by atoms with E-state index < -0.39 is 0 Å². The molecule has 114 valence electrons. The summed E-state index contributed by atoms with van der Waals surface area (Å²) >= 11 is 0. The summed E-state index contributed by atoms with van der Waals surface area (Å²) in [6.07, 6.45) is 7.48. The van der Waals surface area contributed by atoms with E-state index in [0.29, 0.717) is 12.2 Å². The van der Waals surface area contributed by atoms with Crippen molar-refractivity contribution in [2.24, 2.45) is 5.73 Å². The molecule has 1 unspecified atom stereocenters. The van der Waals surface area contributed by atoms with Crippen LogP contribution in [0.25, 0.3) is 0 Å². The number of amidine groups is 1. The maximum absolute atomic E-state index is 7.51. The molecular weight excluding hydrogens is 264 g/mol. The van der Waals surface area contributed by atoms with E-state index in [2.05, 4.69) is 0 Å². The molecule has 0 amide bonds. The van der Waals surface area contributed by atoms with E-state index in [-0.39, 0.29) is 17.5 Å². The fourth-order valence-electron chi connectivity index (χ4n) is 3.51. The summed E-state index contributed by atoms with van der Waals surface area (Å²) in [5, 5.41) is 7.51. The Bertz CT molecular complexity index is 536. The third kappa shape index (κ3) is 3.05. The quantitative estimate of drug-likeness (QED) is 0.660. The van der Waals surface area contributed by atoms with Gasteiger partial charge in [0.25, 0.3) is 0 Å². The van der Waals surface area contributed by atoms with Crippen molar-refractivity contribution in [3.8, 4) is 5.75 Å². The first-order chi connectivity index (χ1) is 10.1. The summed E-state index contributed by atoms with van der Waals surface area (Å²) < 4.78 is 12.2. The minimum absolute atomic E-state index is 0.0712. The molecule has 4 heteroatoms. The Morgan fingerprint density at radius 1 is 1.38 bits per heavy atom. The topological polar surface area (TPSA) is 68.3 Å². The van der Waals surface area contributed by atoms with Gasteiger partial charge in [0.15, 0.2) is 0 Å². The Morgan fingerprint density at radius 2 is 2.14 bits per heavy atom. The van der Waals surface area contributed by atoms with E-state index in [1.165, 1.54) is 32.1 Å². The molecule has 3 rings (SSSR count). The summed E-state index contributed by atoms with van der Waals surface area (Å²) in [6, 6.07) is 5.64. The molecule has 1 aliphatic heterocycles. The van der Waals surface area contributed by atoms with Gasteiger partial charge < -0.3 is 15.2 Å². The van der Waals surface area contributed by atoms with Crippen LogP contribution in [0.2, 0.25) is 0 Å². The van der Waals surface area contributed by atoms with Crippen molar-refractivity contribution in [1.82, 2.24) is 0 Å². The van der Waals surface area contributed by atoms with E-state index in [1.54, 1.807) is 0 Å². The molecule has 3 N–H and O–H groups in total. The maximum Gasteiger partial charge on any atom is 0.123 e. The Balaban J connectivity index is 1.60. The second-order valence-corrected chi connectivity index (χ2v) is 6.37. The monoisotopic (exact) mass is 288 g/mol. The lowest BCUT2D eigenvalue weighted by molar-refractivity contribution is -0.0509. The molecule has 1 aliphatic carbocycles. The summed E-state index contributed by atoms with van der Waals surface area (Å²) in [6.45, 7) is 2.59. The van der Waals surface area contributed by atoms with Gasteiger partial charge >= 0.3 is 0 Å². The van der Waals surface area contributed by atoms with Gasteiger partial charge in [0.05, 0.1) is 11.7 Å². The van der Waals surface area contributed by atoms with E-state index in [1.807, 2.05) is 25.1 Å². The average Bonchev–Trinajstić information content (AvgIpc) is 3.08. The van der Waals surface area contributed by atoms with Crippen LogP contribution < -0.4 is 10.5 Å². The van der Waals surface area contributed by atoms with Gasteiger partial charge in [0.2, 0.25) is 0 Å². The van der Waals surface area contributed by atoms with Crippen LogP contribution in [0.1, 0.15) is 49.7 Å². The Hall–Kier alpha value is -1.55. The zero-order valence-electron chi connectivity index (χ0n) is 12.7. The van der Waals surface area contributed by atoms with E-state index in [0.717, 1.165) is 17.7 Å². The fraction of sp³-hybridized carbons (Fsp3) is 0.588. The Labute approximate surface area is 126 Å². The summed E-state index contributed by atoms with van der Waals surface area (Å²) in [7, 11) is 0. The first kappa shape index (κ1) is 14.4. The number of aryl methyl sites for hydroxylation is 1. The number of nitrogen functional groups attached to an aromatic ring is 1. The minimum atomic E-state index is 0.0712. The largest absolute Gasteiger partial charge is 0.491 e. The normalized spacial score (nSPS) is 23.6. The number of hydrogen-bond acceptors (Lipinski definition) is 3. The second-order valence-electron chi connectivity index (χ2n) is 6.37. The van der Waals surface area contributed by atoms with Crippen molar-refractivity contribution in [2.75, 3.05) is 6.61 Å². The average molecular weight is 288 g/mol. The Kier molecular flexibility index (Phi) is 3.89. The highest BCUT2D eigenvalue weighted by molar-refractivity contribution is 5.95. The van der Waals surface area contributed by atoms with Crippen LogP contribution in [-0.4, -0.2) is 24.1 Å². The lowest BCUT2D eigenvalue weighted by atomic mass is 9.98. The van der Waals surface area contributed by atoms with Crippen molar-refractivity contribution in [1.29, 1.82) is 5.41 Å². The number of benzene rings is 1. The first-order valence-corrected chi connectivity index (χ1v) is 7.84. The smallest absolute Gasteiger partial charge is 0.123 e. The van der Waals surface area contributed by atoms with Crippen LogP contribution in [0.15, 0.2) is 18.2 Å².